The summed E-state index contributed by atoms with van der Waals surface area (Å²) in [5.41, 5.74) is 0. The van der Waals surface area contributed by atoms with E-state index in [-0.39, 0.29) is 21.9 Å². The van der Waals surface area contributed by atoms with Gasteiger partial charge in [0.2, 0.25) is 0 Å². The third-order valence-electron chi connectivity index (χ3n) is 2.41. The van der Waals surface area contributed by atoms with E-state index in [0.717, 1.165) is 0 Å². The number of furan rings is 1. The van der Waals surface area contributed by atoms with E-state index in [0.29, 0.717) is 26.3 Å². The summed E-state index contributed by atoms with van der Waals surface area (Å²) in [4.78, 5) is 2.41. The van der Waals surface area contributed by atoms with E-state index < -0.39 is 10.0 Å². The van der Waals surface area contributed by atoms with E-state index in [9.17, 15) is 8.42 Å². The fourth-order valence-corrected chi connectivity index (χ4v) is 3.65. The monoisotopic (exact) mass is 340 g/mol. The standard InChI is InChI=1S/C9H13BrN2O5S/c10-9-8(5-7(6-13)17-9)18(14,15)11-12-1-3-16-4-2-12/h5,11,13H,1-4,6H2. The average molecular weight is 341 g/mol. The van der Waals surface area contributed by atoms with Crippen LogP contribution in [0.4, 0.5) is 0 Å². The van der Waals surface area contributed by atoms with Crippen LogP contribution >= 0.6 is 15.9 Å². The summed E-state index contributed by atoms with van der Waals surface area (Å²) in [6, 6.07) is 1.28. The molecule has 0 atom stereocenters. The first-order valence-electron chi connectivity index (χ1n) is 5.27. The number of hydrogen-bond acceptors (Lipinski definition) is 6. The van der Waals surface area contributed by atoms with Crippen LogP contribution in [-0.4, -0.2) is 44.8 Å². The average Bonchev–Trinajstić information content (AvgIpc) is 2.72. The number of hydrogen-bond donors (Lipinski definition) is 2. The summed E-state index contributed by atoms with van der Waals surface area (Å²) < 4.78 is 34.4. The van der Waals surface area contributed by atoms with Gasteiger partial charge in [0.05, 0.1) is 13.2 Å². The normalized spacial score (nSPS) is 18.1. The first-order valence-corrected chi connectivity index (χ1v) is 7.55. The highest BCUT2D eigenvalue weighted by atomic mass is 79.9. The fourth-order valence-electron chi connectivity index (χ4n) is 1.53. The Kier molecular flexibility index (Phi) is 4.41. The van der Waals surface area contributed by atoms with E-state index in [2.05, 4.69) is 20.8 Å². The molecule has 1 fully saturated rings. The molecule has 9 heteroatoms. The molecule has 1 aromatic heterocycles. The second-order valence-corrected chi connectivity index (χ2v) is 6.05. The number of rotatable bonds is 4. The van der Waals surface area contributed by atoms with Crippen LogP contribution in [0.15, 0.2) is 20.0 Å². The summed E-state index contributed by atoms with van der Waals surface area (Å²) in [5, 5.41) is 10.5. The molecule has 2 heterocycles. The van der Waals surface area contributed by atoms with Crippen molar-refractivity contribution in [2.24, 2.45) is 0 Å². The molecule has 1 aromatic rings. The van der Waals surface area contributed by atoms with Gasteiger partial charge in [-0.2, -0.15) is 0 Å². The van der Waals surface area contributed by atoms with Gasteiger partial charge >= 0.3 is 0 Å². The van der Waals surface area contributed by atoms with Crippen molar-refractivity contribution in [2.45, 2.75) is 11.5 Å². The van der Waals surface area contributed by atoms with Gasteiger partial charge in [-0.05, 0) is 15.9 Å². The maximum atomic E-state index is 12.1. The predicted octanol–water partition coefficient (Wildman–Crippen LogP) is 0.0599. The van der Waals surface area contributed by atoms with E-state index in [1.165, 1.54) is 6.07 Å². The highest BCUT2D eigenvalue weighted by molar-refractivity contribution is 9.10. The first kappa shape index (κ1) is 14.0. The van der Waals surface area contributed by atoms with Crippen molar-refractivity contribution in [1.29, 1.82) is 0 Å². The lowest BCUT2D eigenvalue weighted by molar-refractivity contribution is 0.0272. The van der Waals surface area contributed by atoms with E-state index in [1.54, 1.807) is 5.01 Å². The van der Waals surface area contributed by atoms with Gasteiger partial charge < -0.3 is 14.3 Å². The molecular formula is C9H13BrN2O5S. The van der Waals surface area contributed by atoms with Crippen LogP contribution in [0, 0.1) is 0 Å². The smallest absolute Gasteiger partial charge is 0.257 e. The Bertz CT molecular complexity index is 509. The molecule has 102 valence electrons. The van der Waals surface area contributed by atoms with Crippen molar-refractivity contribution < 1.29 is 22.7 Å². The highest BCUT2D eigenvalue weighted by Crippen LogP contribution is 2.26. The van der Waals surface area contributed by atoms with Gasteiger partial charge in [-0.1, -0.05) is 0 Å². The van der Waals surface area contributed by atoms with Crippen molar-refractivity contribution in [3.63, 3.8) is 0 Å². The van der Waals surface area contributed by atoms with Crippen molar-refractivity contribution in [2.75, 3.05) is 26.3 Å². The number of nitrogens with zero attached hydrogens (tertiary/aromatic N) is 1. The Morgan fingerprint density at radius 3 is 2.67 bits per heavy atom. The van der Waals surface area contributed by atoms with Crippen LogP contribution < -0.4 is 4.83 Å². The molecule has 0 bridgehead atoms. The number of hydrazine groups is 1. The molecule has 0 unspecified atom stereocenters. The summed E-state index contributed by atoms with van der Waals surface area (Å²) >= 11 is 3.02. The molecule has 1 saturated heterocycles. The molecule has 2 rings (SSSR count). The topological polar surface area (TPSA) is 92.0 Å². The van der Waals surface area contributed by atoms with Crippen LogP contribution in [0.1, 0.15) is 5.76 Å². The van der Waals surface area contributed by atoms with Crippen LogP contribution in [0.3, 0.4) is 0 Å². The van der Waals surface area contributed by atoms with Crippen LogP contribution in [0.25, 0.3) is 0 Å². The van der Waals surface area contributed by atoms with Crippen LogP contribution in [-0.2, 0) is 21.4 Å². The zero-order valence-corrected chi connectivity index (χ0v) is 11.8. The van der Waals surface area contributed by atoms with Gasteiger partial charge in [0.1, 0.15) is 17.3 Å². The number of morpholine rings is 1. The molecule has 2 N–H and O–H groups in total. The number of aliphatic hydroxyl groups is 1. The summed E-state index contributed by atoms with van der Waals surface area (Å²) in [5.74, 6) is 0.184. The lowest BCUT2D eigenvalue weighted by Gasteiger charge is -2.26. The molecule has 0 aromatic carbocycles. The minimum absolute atomic E-state index is 0.0296. The number of nitrogens with one attached hydrogen (secondary N) is 1. The molecule has 0 aliphatic carbocycles. The second-order valence-electron chi connectivity index (χ2n) is 3.70. The van der Waals surface area contributed by atoms with Gasteiger partial charge in [0, 0.05) is 19.2 Å². The summed E-state index contributed by atoms with van der Waals surface area (Å²) in [7, 11) is -3.71. The number of sulfonamides is 1. The van der Waals surface area contributed by atoms with Gasteiger partial charge in [-0.25, -0.2) is 13.4 Å². The Labute approximate surface area is 113 Å². The Hall–Kier alpha value is -0.450. The fraction of sp³-hybridized carbons (Fsp3) is 0.556. The third kappa shape index (κ3) is 3.11. The largest absolute Gasteiger partial charge is 0.450 e. The molecule has 18 heavy (non-hydrogen) atoms. The Balaban J connectivity index is 2.16. The van der Waals surface area contributed by atoms with Gasteiger partial charge in [0.25, 0.3) is 10.0 Å². The second kappa shape index (κ2) is 5.68. The minimum Gasteiger partial charge on any atom is -0.450 e. The van der Waals surface area contributed by atoms with Crippen LogP contribution in [0.2, 0.25) is 0 Å². The number of halogens is 1. The Morgan fingerprint density at radius 2 is 2.11 bits per heavy atom. The van der Waals surface area contributed by atoms with Crippen molar-refractivity contribution in [3.05, 3.63) is 16.5 Å². The molecule has 1 aliphatic rings. The zero-order chi connectivity index (χ0) is 13.2. The first-order chi connectivity index (χ1) is 8.53. The molecule has 7 nitrogen and oxygen atoms in total. The lowest BCUT2D eigenvalue weighted by atomic mass is 10.5. The molecule has 1 aliphatic heterocycles. The maximum Gasteiger partial charge on any atom is 0.257 e. The highest BCUT2D eigenvalue weighted by Gasteiger charge is 2.25. The Morgan fingerprint density at radius 1 is 1.44 bits per heavy atom. The SMILES string of the molecule is O=S(=O)(NN1CCOCC1)c1cc(CO)oc1Br. The minimum atomic E-state index is -3.71. The van der Waals surface area contributed by atoms with E-state index in [1.807, 2.05) is 0 Å². The number of ether oxygens (including phenoxy) is 1. The van der Waals surface area contributed by atoms with Gasteiger partial charge in [0.15, 0.2) is 4.67 Å². The van der Waals surface area contributed by atoms with Crippen molar-refractivity contribution in [3.8, 4) is 0 Å². The summed E-state index contributed by atoms with van der Waals surface area (Å²) in [6.07, 6.45) is 0. The third-order valence-corrected chi connectivity index (χ3v) is 4.64. The molecule has 0 spiro atoms. The molecule has 0 amide bonds. The van der Waals surface area contributed by atoms with E-state index in [4.69, 9.17) is 14.3 Å². The maximum absolute atomic E-state index is 12.1. The predicted molar refractivity (Wildman–Crippen MR) is 65.0 cm³/mol. The van der Waals surface area contributed by atoms with E-state index >= 15 is 0 Å². The van der Waals surface area contributed by atoms with Crippen molar-refractivity contribution in [1.82, 2.24) is 9.84 Å². The molecule has 0 saturated carbocycles. The van der Waals surface area contributed by atoms with Gasteiger partial charge in [-0.3, -0.25) is 0 Å². The number of aliphatic hydroxyl groups excluding tert-OH is 1. The molecular weight excluding hydrogens is 328 g/mol. The van der Waals surface area contributed by atoms with Crippen LogP contribution in [0.5, 0.6) is 0 Å². The quantitative estimate of drug-likeness (QED) is 0.805. The van der Waals surface area contributed by atoms with Crippen molar-refractivity contribution >= 4 is 26.0 Å². The molecule has 0 radical (unpaired) electrons. The summed E-state index contributed by atoms with van der Waals surface area (Å²) in [6.45, 7) is 1.59. The van der Waals surface area contributed by atoms with Gasteiger partial charge in [-0.15, -0.1) is 4.83 Å². The lowest BCUT2D eigenvalue weighted by Crippen LogP contribution is -2.48. The zero-order valence-electron chi connectivity index (χ0n) is 9.43.